The summed E-state index contributed by atoms with van der Waals surface area (Å²) in [7, 11) is 4.42. The number of nitrogens with one attached hydrogen (secondary N) is 3. The Bertz CT molecular complexity index is 2570. The molecule has 0 radical (unpaired) electrons. The Hall–Kier alpha value is -6.71. The SMILES string of the molecule is COc1cc(C=NNc2nc(Nc3ccccc3)nc(Nc3ccccc3)n2)ccc1Oc1nc2c(c(=O)n(C)c(=O)n2C)n1Cc1ccc(Cl)cc1Cl. The minimum absolute atomic E-state index is 0.0327. The molecule has 0 unspecified atom stereocenters. The molecule has 3 aromatic heterocycles. The second-order valence-corrected chi connectivity index (χ2v) is 12.6. The lowest BCUT2D eigenvalue weighted by Gasteiger charge is -2.13. The van der Waals surface area contributed by atoms with Crippen molar-refractivity contribution in [3.05, 3.63) is 139 Å². The summed E-state index contributed by atoms with van der Waals surface area (Å²) < 4.78 is 15.8. The van der Waals surface area contributed by atoms with E-state index in [0.29, 0.717) is 38.8 Å². The molecule has 272 valence electrons. The largest absolute Gasteiger partial charge is 0.493 e. The van der Waals surface area contributed by atoms with Crippen molar-refractivity contribution in [1.82, 2.24) is 33.6 Å². The maximum Gasteiger partial charge on any atom is 0.332 e. The fourth-order valence-electron chi connectivity index (χ4n) is 5.42. The van der Waals surface area contributed by atoms with E-state index >= 15 is 0 Å². The first-order valence-electron chi connectivity index (χ1n) is 16.3. The molecule has 0 fully saturated rings. The van der Waals surface area contributed by atoms with E-state index in [4.69, 9.17) is 32.7 Å². The van der Waals surface area contributed by atoms with Crippen molar-refractivity contribution in [2.75, 3.05) is 23.2 Å². The second kappa shape index (κ2) is 15.5. The quantitative estimate of drug-likeness (QED) is 0.0894. The molecule has 0 saturated carbocycles. The molecule has 0 spiro atoms. The number of aromatic nitrogens is 7. The number of para-hydroxylation sites is 2. The van der Waals surface area contributed by atoms with Gasteiger partial charge in [0.2, 0.25) is 17.8 Å². The minimum atomic E-state index is -0.546. The number of fused-ring (bicyclic) bond motifs is 1. The van der Waals surface area contributed by atoms with Crippen LogP contribution in [0.25, 0.3) is 11.2 Å². The molecule has 0 atom stereocenters. The average Bonchev–Trinajstić information content (AvgIpc) is 3.53. The number of methoxy groups -OCH3 is 1. The maximum absolute atomic E-state index is 13.4. The van der Waals surface area contributed by atoms with Crippen LogP contribution in [-0.4, -0.2) is 47.0 Å². The van der Waals surface area contributed by atoms with E-state index in [1.54, 1.807) is 47.2 Å². The summed E-state index contributed by atoms with van der Waals surface area (Å²) in [4.78, 5) is 44.2. The van der Waals surface area contributed by atoms with Gasteiger partial charge in [0, 0.05) is 35.5 Å². The molecular formula is C37H31Cl2N11O4. The third-order valence-corrected chi connectivity index (χ3v) is 8.71. The molecule has 15 nitrogen and oxygen atoms in total. The molecule has 3 N–H and O–H groups in total. The van der Waals surface area contributed by atoms with Gasteiger partial charge in [0.15, 0.2) is 22.7 Å². The average molecular weight is 765 g/mol. The summed E-state index contributed by atoms with van der Waals surface area (Å²) in [6.45, 7) is 0.0935. The van der Waals surface area contributed by atoms with Crippen molar-refractivity contribution in [1.29, 1.82) is 0 Å². The summed E-state index contributed by atoms with van der Waals surface area (Å²) in [5, 5.41) is 11.6. The number of aryl methyl sites for hydroxylation is 1. The predicted octanol–water partition coefficient (Wildman–Crippen LogP) is 6.71. The van der Waals surface area contributed by atoms with Gasteiger partial charge in [-0.3, -0.25) is 18.5 Å². The van der Waals surface area contributed by atoms with Crippen LogP contribution in [0.5, 0.6) is 17.5 Å². The number of ether oxygens (including phenoxy) is 2. The molecule has 0 amide bonds. The molecule has 3 heterocycles. The Morgan fingerprint density at radius 2 is 1.41 bits per heavy atom. The van der Waals surface area contributed by atoms with Gasteiger partial charge in [0.05, 0.1) is 19.9 Å². The molecule has 0 aliphatic heterocycles. The highest BCUT2D eigenvalue weighted by molar-refractivity contribution is 6.35. The summed E-state index contributed by atoms with van der Waals surface area (Å²) in [6, 6.07) is 29.2. The zero-order chi connectivity index (χ0) is 37.8. The van der Waals surface area contributed by atoms with Gasteiger partial charge in [0.25, 0.3) is 5.56 Å². The zero-order valence-electron chi connectivity index (χ0n) is 29.0. The molecule has 7 aromatic rings. The van der Waals surface area contributed by atoms with E-state index in [-0.39, 0.29) is 35.4 Å². The minimum Gasteiger partial charge on any atom is -0.493 e. The summed E-state index contributed by atoms with van der Waals surface area (Å²) >= 11 is 12.6. The third-order valence-electron chi connectivity index (χ3n) is 8.12. The second-order valence-electron chi connectivity index (χ2n) is 11.8. The molecule has 7 rings (SSSR count). The first kappa shape index (κ1) is 35.7. The lowest BCUT2D eigenvalue weighted by Crippen LogP contribution is -2.37. The van der Waals surface area contributed by atoms with Crippen molar-refractivity contribution in [2.24, 2.45) is 19.2 Å². The standard InChI is InChI=1S/C37H31Cl2N11O4/c1-48-31-30(32(51)49(2)37(48)52)50(21-23-15-16-24(38)19-27(23)39)36(43-31)54-28-17-14-22(18-29(28)53-3)20-40-47-35-45-33(41-25-10-6-4-7-11-25)44-34(46-35)42-26-12-8-5-9-13-26/h4-20H,21H2,1-3H3,(H3,41,42,44,45,46,47). The van der Waals surface area contributed by atoms with Gasteiger partial charge >= 0.3 is 11.7 Å². The van der Waals surface area contributed by atoms with E-state index in [2.05, 4.69) is 41.1 Å². The lowest BCUT2D eigenvalue weighted by atomic mass is 10.2. The Kier molecular flexibility index (Phi) is 10.2. The lowest BCUT2D eigenvalue weighted by molar-refractivity contribution is 0.361. The molecule has 17 heteroatoms. The van der Waals surface area contributed by atoms with Crippen molar-refractivity contribution in [3.8, 4) is 17.5 Å². The number of imidazole rings is 1. The van der Waals surface area contributed by atoms with E-state index in [1.807, 2.05) is 60.7 Å². The predicted molar refractivity (Wildman–Crippen MR) is 209 cm³/mol. The van der Waals surface area contributed by atoms with Gasteiger partial charge in [0.1, 0.15) is 0 Å². The van der Waals surface area contributed by atoms with Crippen LogP contribution in [0.15, 0.2) is 112 Å². The van der Waals surface area contributed by atoms with Crippen LogP contribution in [0.2, 0.25) is 10.0 Å². The highest BCUT2D eigenvalue weighted by Crippen LogP contribution is 2.34. The van der Waals surface area contributed by atoms with Crippen LogP contribution in [0.3, 0.4) is 0 Å². The van der Waals surface area contributed by atoms with Crippen LogP contribution in [0.1, 0.15) is 11.1 Å². The van der Waals surface area contributed by atoms with Gasteiger partial charge in [-0.05, 0) is 65.7 Å². The highest BCUT2D eigenvalue weighted by Gasteiger charge is 2.22. The van der Waals surface area contributed by atoms with Crippen LogP contribution in [-0.2, 0) is 20.6 Å². The van der Waals surface area contributed by atoms with Crippen LogP contribution < -0.4 is 36.8 Å². The van der Waals surface area contributed by atoms with Crippen molar-refractivity contribution in [2.45, 2.75) is 6.54 Å². The van der Waals surface area contributed by atoms with Crippen LogP contribution >= 0.6 is 23.2 Å². The van der Waals surface area contributed by atoms with Gasteiger partial charge in [-0.15, -0.1) is 0 Å². The molecule has 0 aliphatic rings. The number of hydrazone groups is 1. The van der Waals surface area contributed by atoms with Crippen LogP contribution in [0.4, 0.5) is 29.2 Å². The molecule has 54 heavy (non-hydrogen) atoms. The number of halogens is 2. The van der Waals surface area contributed by atoms with Gasteiger partial charge in [-0.2, -0.15) is 25.0 Å². The molecule has 4 aromatic carbocycles. The van der Waals surface area contributed by atoms with Gasteiger partial charge in [-0.1, -0.05) is 65.7 Å². The summed E-state index contributed by atoms with van der Waals surface area (Å²) in [6.07, 6.45) is 1.56. The zero-order valence-corrected chi connectivity index (χ0v) is 30.5. The Balaban J connectivity index is 1.16. The topological polar surface area (TPSA) is 167 Å². The number of hydrogen-bond acceptors (Lipinski definition) is 12. The normalized spacial score (nSPS) is 11.2. The van der Waals surface area contributed by atoms with E-state index in [1.165, 1.54) is 25.8 Å². The van der Waals surface area contributed by atoms with E-state index in [9.17, 15) is 9.59 Å². The van der Waals surface area contributed by atoms with E-state index < -0.39 is 11.2 Å². The first-order chi connectivity index (χ1) is 26.2. The van der Waals surface area contributed by atoms with Gasteiger partial charge < -0.3 is 20.1 Å². The Morgan fingerprint density at radius 3 is 2.04 bits per heavy atom. The van der Waals surface area contributed by atoms with Crippen LogP contribution in [0, 0.1) is 0 Å². The van der Waals surface area contributed by atoms with Crippen molar-refractivity contribution in [3.63, 3.8) is 0 Å². The highest BCUT2D eigenvalue weighted by atomic mass is 35.5. The number of nitrogens with zero attached hydrogens (tertiary/aromatic N) is 8. The molecule has 0 bridgehead atoms. The molecular weight excluding hydrogens is 733 g/mol. The molecule has 0 saturated heterocycles. The number of hydrogen-bond donors (Lipinski definition) is 3. The Labute approximate surface area is 317 Å². The summed E-state index contributed by atoms with van der Waals surface area (Å²) in [5.74, 6) is 1.42. The molecule has 0 aliphatic carbocycles. The van der Waals surface area contributed by atoms with Crippen molar-refractivity contribution < 1.29 is 9.47 Å². The fraction of sp³-hybridized carbons (Fsp3) is 0.108. The van der Waals surface area contributed by atoms with E-state index in [0.717, 1.165) is 15.9 Å². The number of anilines is 5. The fourth-order valence-corrected chi connectivity index (χ4v) is 5.89. The summed E-state index contributed by atoms with van der Waals surface area (Å²) in [5.41, 5.74) is 4.97. The smallest absolute Gasteiger partial charge is 0.332 e. The first-order valence-corrected chi connectivity index (χ1v) is 17.1. The van der Waals surface area contributed by atoms with Gasteiger partial charge in [-0.25, -0.2) is 10.2 Å². The third kappa shape index (κ3) is 7.72. The van der Waals surface area contributed by atoms with Crippen molar-refractivity contribution >= 4 is 69.8 Å². The monoisotopic (exact) mass is 763 g/mol. The number of rotatable bonds is 12. The number of benzene rings is 4. The Morgan fingerprint density at radius 1 is 0.759 bits per heavy atom. The maximum atomic E-state index is 13.4.